The Morgan fingerprint density at radius 3 is 2.00 bits per heavy atom. The second-order valence-corrected chi connectivity index (χ2v) is 11.0. The maximum Gasteiger partial charge on any atom is 0.416 e. The summed E-state index contributed by atoms with van der Waals surface area (Å²) in [6, 6.07) is 4.47. The second kappa shape index (κ2) is 11.8. The number of piperidine rings is 2. The lowest BCUT2D eigenvalue weighted by atomic mass is 9.83. The van der Waals surface area contributed by atoms with E-state index in [1.54, 1.807) is 4.90 Å². The van der Waals surface area contributed by atoms with Gasteiger partial charge in [-0.1, -0.05) is 17.7 Å². The molecule has 0 spiro atoms. The van der Waals surface area contributed by atoms with Gasteiger partial charge in [-0.3, -0.25) is 14.5 Å². The maximum atomic E-state index is 14.0. The zero-order chi connectivity index (χ0) is 30.3. The van der Waals surface area contributed by atoms with Gasteiger partial charge in [0.15, 0.2) is 0 Å². The van der Waals surface area contributed by atoms with E-state index in [1.165, 1.54) is 37.1 Å². The van der Waals surface area contributed by atoms with Gasteiger partial charge in [0.2, 0.25) is 5.91 Å². The zero-order valence-corrected chi connectivity index (χ0v) is 23.1. The summed E-state index contributed by atoms with van der Waals surface area (Å²) in [5.41, 5.74) is -3.29. The van der Waals surface area contributed by atoms with Crippen molar-refractivity contribution in [1.29, 1.82) is 0 Å². The third-order valence-corrected chi connectivity index (χ3v) is 8.35. The molecule has 2 heterocycles. The van der Waals surface area contributed by atoms with Crippen LogP contribution in [0.3, 0.4) is 0 Å². The molecule has 5 nitrogen and oxygen atoms in total. The number of benzene rings is 2. The molecule has 2 saturated heterocycles. The van der Waals surface area contributed by atoms with Gasteiger partial charge in [-0.2, -0.15) is 26.3 Å². The maximum absolute atomic E-state index is 14.0. The minimum Gasteiger partial charge on any atom is -0.343 e. The summed E-state index contributed by atoms with van der Waals surface area (Å²) < 4.78 is 94.6. The van der Waals surface area contributed by atoms with Crippen molar-refractivity contribution >= 4 is 23.4 Å². The number of likely N-dealkylation sites (N-methyl/N-ethyl adjacent to an activating group) is 1. The zero-order valence-electron chi connectivity index (χ0n) is 22.3. The summed E-state index contributed by atoms with van der Waals surface area (Å²) in [4.78, 5) is 30.3. The fourth-order valence-electron chi connectivity index (χ4n) is 5.81. The molecule has 2 amide bonds. The molecule has 0 N–H and O–H groups in total. The molecule has 0 aliphatic carbocycles. The first kappa shape index (κ1) is 31.1. The lowest BCUT2D eigenvalue weighted by molar-refractivity contribution is -0.143. The monoisotopic (exact) mass is 607 g/mol. The van der Waals surface area contributed by atoms with Gasteiger partial charge < -0.3 is 9.80 Å². The van der Waals surface area contributed by atoms with Gasteiger partial charge in [0.05, 0.1) is 16.1 Å². The second-order valence-electron chi connectivity index (χ2n) is 10.6. The molecular weight excluding hydrogens is 579 g/mol. The molecule has 224 valence electrons. The molecule has 2 atom stereocenters. The van der Waals surface area contributed by atoms with Crippen molar-refractivity contribution in [2.45, 2.75) is 56.5 Å². The molecule has 2 aromatic rings. The van der Waals surface area contributed by atoms with Gasteiger partial charge in [-0.25, -0.2) is 4.39 Å². The number of halogens is 8. The molecular formula is C28H29ClF7N3O2. The molecule has 2 fully saturated rings. The summed E-state index contributed by atoms with van der Waals surface area (Å²) in [5, 5.41) is -0.144. The summed E-state index contributed by atoms with van der Waals surface area (Å²) in [6.07, 6.45) is -8.38. The van der Waals surface area contributed by atoms with Crippen LogP contribution in [0.1, 0.15) is 59.2 Å². The van der Waals surface area contributed by atoms with Gasteiger partial charge >= 0.3 is 12.4 Å². The molecule has 41 heavy (non-hydrogen) atoms. The van der Waals surface area contributed by atoms with E-state index >= 15 is 0 Å². The molecule has 2 aliphatic rings. The first-order valence-electron chi connectivity index (χ1n) is 13.1. The summed E-state index contributed by atoms with van der Waals surface area (Å²) in [7, 11) is 1.35. The fraction of sp³-hybridized carbons (Fsp3) is 0.500. The number of rotatable bonds is 4. The predicted molar refractivity (Wildman–Crippen MR) is 138 cm³/mol. The van der Waals surface area contributed by atoms with Gasteiger partial charge in [0.25, 0.3) is 5.91 Å². The molecule has 4 rings (SSSR count). The summed E-state index contributed by atoms with van der Waals surface area (Å²) in [6.45, 7) is 3.58. The van der Waals surface area contributed by atoms with Crippen molar-refractivity contribution in [3.8, 4) is 0 Å². The van der Waals surface area contributed by atoms with Crippen LogP contribution in [0.5, 0.6) is 0 Å². The first-order chi connectivity index (χ1) is 19.1. The van der Waals surface area contributed by atoms with Crippen molar-refractivity contribution in [3.63, 3.8) is 0 Å². The largest absolute Gasteiger partial charge is 0.416 e. The van der Waals surface area contributed by atoms with Gasteiger partial charge in [0.1, 0.15) is 5.82 Å². The molecule has 0 unspecified atom stereocenters. The Labute approximate surface area is 237 Å². The van der Waals surface area contributed by atoms with E-state index < -0.39 is 52.7 Å². The quantitative estimate of drug-likeness (QED) is 0.375. The topological polar surface area (TPSA) is 43.9 Å². The van der Waals surface area contributed by atoms with Crippen LogP contribution in [0.15, 0.2) is 36.4 Å². The van der Waals surface area contributed by atoms with E-state index in [-0.39, 0.29) is 23.0 Å². The minimum absolute atomic E-state index is 0.00982. The Balaban J connectivity index is 1.64. The lowest BCUT2D eigenvalue weighted by Crippen LogP contribution is -2.55. The van der Waals surface area contributed by atoms with Crippen LogP contribution < -0.4 is 0 Å². The minimum atomic E-state index is -5.09. The van der Waals surface area contributed by atoms with E-state index in [0.29, 0.717) is 50.3 Å². The van der Waals surface area contributed by atoms with Gasteiger partial charge in [-0.05, 0) is 55.2 Å². The molecule has 0 saturated carbocycles. The highest BCUT2D eigenvalue weighted by Crippen LogP contribution is 2.38. The van der Waals surface area contributed by atoms with Crippen molar-refractivity contribution in [1.82, 2.24) is 14.7 Å². The lowest BCUT2D eigenvalue weighted by Gasteiger charge is -2.47. The normalized spacial score (nSPS) is 21.2. The third kappa shape index (κ3) is 6.97. The predicted octanol–water partition coefficient (Wildman–Crippen LogP) is 6.46. The van der Waals surface area contributed by atoms with E-state index in [9.17, 15) is 40.3 Å². The average Bonchev–Trinajstić information content (AvgIpc) is 2.92. The molecule has 13 heteroatoms. The Kier molecular flexibility index (Phi) is 8.94. The Bertz CT molecular complexity index is 1260. The highest BCUT2D eigenvalue weighted by Gasteiger charge is 2.41. The molecule has 2 aromatic carbocycles. The van der Waals surface area contributed by atoms with Gasteiger partial charge in [0, 0.05) is 63.7 Å². The highest BCUT2D eigenvalue weighted by molar-refractivity contribution is 6.30. The Hall–Kier alpha value is -2.86. The van der Waals surface area contributed by atoms with E-state index in [0.717, 1.165) is 12.8 Å². The smallest absolute Gasteiger partial charge is 0.343 e. The van der Waals surface area contributed by atoms with Crippen LogP contribution in [0, 0.1) is 5.82 Å². The molecule has 0 radical (unpaired) electrons. The summed E-state index contributed by atoms with van der Waals surface area (Å²) in [5.74, 6) is -2.11. The fourth-order valence-corrected chi connectivity index (χ4v) is 6.00. The van der Waals surface area contributed by atoms with Crippen molar-refractivity contribution < 1.29 is 40.3 Å². The van der Waals surface area contributed by atoms with Crippen LogP contribution in [-0.4, -0.2) is 71.8 Å². The van der Waals surface area contributed by atoms with Crippen LogP contribution in [-0.2, 0) is 17.1 Å². The number of hydrogen-bond donors (Lipinski definition) is 0. The van der Waals surface area contributed by atoms with Crippen molar-refractivity contribution in [2.24, 2.45) is 0 Å². The van der Waals surface area contributed by atoms with E-state index in [1.807, 2.05) is 0 Å². The number of likely N-dealkylation sites (tertiary alicyclic amines) is 2. The molecule has 0 aromatic heterocycles. The number of amides is 2. The SMILES string of the molecule is CC(=O)N1CCC(N2CC[C@@H](N(C)C(=O)c3cc(C(F)(F)F)cc(C(F)(F)F)c3)[C@H](c3ccc(F)c(Cl)c3)C2)CC1. The third-order valence-electron chi connectivity index (χ3n) is 8.06. The average molecular weight is 608 g/mol. The summed E-state index contributed by atoms with van der Waals surface area (Å²) >= 11 is 6.05. The standard InChI is InChI=1S/C28H29ClF7N3O2/c1-16(40)38-8-5-21(6-9-38)39-10-7-25(22(15-39)17-3-4-24(30)23(29)13-17)37(2)26(41)18-11-19(27(31,32)33)14-20(12-18)28(34,35)36/h3-4,11-14,21-22,25H,5-10,15H2,1-2H3/t22-,25+/m0/s1. The van der Waals surface area contributed by atoms with E-state index in [2.05, 4.69) is 4.90 Å². The number of hydrogen-bond acceptors (Lipinski definition) is 3. The van der Waals surface area contributed by atoms with Crippen molar-refractivity contribution in [2.75, 3.05) is 33.2 Å². The Morgan fingerprint density at radius 2 is 1.49 bits per heavy atom. The highest BCUT2D eigenvalue weighted by atomic mass is 35.5. The number of carbonyl (C=O) groups excluding carboxylic acids is 2. The van der Waals surface area contributed by atoms with Crippen molar-refractivity contribution in [3.05, 3.63) is 69.5 Å². The van der Waals surface area contributed by atoms with Crippen LogP contribution in [0.25, 0.3) is 0 Å². The molecule has 2 aliphatic heterocycles. The van der Waals surface area contributed by atoms with Crippen LogP contribution in [0.2, 0.25) is 5.02 Å². The number of carbonyl (C=O) groups is 2. The Morgan fingerprint density at radius 1 is 0.902 bits per heavy atom. The number of alkyl halides is 6. The van der Waals surface area contributed by atoms with Gasteiger partial charge in [-0.15, -0.1) is 0 Å². The van der Waals surface area contributed by atoms with Crippen LogP contribution >= 0.6 is 11.6 Å². The number of nitrogens with zero attached hydrogens (tertiary/aromatic N) is 3. The van der Waals surface area contributed by atoms with Crippen LogP contribution in [0.4, 0.5) is 30.7 Å². The molecule has 0 bridgehead atoms. The van der Waals surface area contributed by atoms with E-state index in [4.69, 9.17) is 11.6 Å². The first-order valence-corrected chi connectivity index (χ1v) is 13.4.